The van der Waals surface area contributed by atoms with E-state index < -0.39 is 0 Å². The molecule has 114 valence electrons. The second-order valence-corrected chi connectivity index (χ2v) is 5.79. The van der Waals surface area contributed by atoms with Gasteiger partial charge in [-0.25, -0.2) is 4.98 Å². The maximum Gasteiger partial charge on any atom is 0.193 e. The molecule has 0 aromatic carbocycles. The zero-order valence-electron chi connectivity index (χ0n) is 12.8. The lowest BCUT2D eigenvalue weighted by Gasteiger charge is -2.21. The zero-order valence-corrected chi connectivity index (χ0v) is 15.9. The monoisotopic (exact) mass is 408 g/mol. The molecule has 0 saturated heterocycles. The lowest BCUT2D eigenvalue weighted by Crippen LogP contribution is -2.38. The number of rotatable bonds is 6. The molecule has 1 N–H and O–H groups in total. The van der Waals surface area contributed by atoms with Crippen LogP contribution in [0.25, 0.3) is 0 Å². The molecule has 0 aliphatic heterocycles. The maximum atomic E-state index is 4.52. The first-order valence-electron chi connectivity index (χ1n) is 6.54. The molecule has 0 fully saturated rings. The van der Waals surface area contributed by atoms with E-state index in [-0.39, 0.29) is 24.0 Å². The van der Waals surface area contributed by atoms with Gasteiger partial charge in [0, 0.05) is 25.5 Å². The standard InChI is InChI=1S/C14H24N4S.HI/c1-6-7-8-9-18(5)14(15-4)16-10-13-17-11(2)12(3)19-13;/h6H,1,7-10H2,2-5H3,(H,15,16);1H. The van der Waals surface area contributed by atoms with Crippen molar-refractivity contribution in [3.05, 3.63) is 28.2 Å². The molecule has 1 aromatic heterocycles. The molecule has 20 heavy (non-hydrogen) atoms. The Kier molecular flexibility index (Phi) is 9.83. The van der Waals surface area contributed by atoms with Crippen molar-refractivity contribution in [3.63, 3.8) is 0 Å². The van der Waals surface area contributed by atoms with Crippen LogP contribution >= 0.6 is 35.3 Å². The largest absolute Gasteiger partial charge is 0.350 e. The van der Waals surface area contributed by atoms with Gasteiger partial charge in [-0.15, -0.1) is 41.9 Å². The van der Waals surface area contributed by atoms with Crippen LogP contribution in [0, 0.1) is 13.8 Å². The minimum Gasteiger partial charge on any atom is -0.350 e. The highest BCUT2D eigenvalue weighted by atomic mass is 127. The molecule has 0 radical (unpaired) electrons. The van der Waals surface area contributed by atoms with Crippen molar-refractivity contribution in [2.24, 2.45) is 4.99 Å². The molecule has 0 amide bonds. The number of unbranched alkanes of at least 4 members (excludes halogenated alkanes) is 1. The van der Waals surface area contributed by atoms with Gasteiger partial charge in [-0.05, 0) is 26.7 Å². The van der Waals surface area contributed by atoms with Crippen molar-refractivity contribution < 1.29 is 0 Å². The Balaban J connectivity index is 0.00000361. The fraction of sp³-hybridized carbons (Fsp3) is 0.571. The third-order valence-corrected chi connectivity index (χ3v) is 4.02. The van der Waals surface area contributed by atoms with Crippen LogP contribution in [0.4, 0.5) is 0 Å². The van der Waals surface area contributed by atoms with Gasteiger partial charge in [0.1, 0.15) is 5.01 Å². The van der Waals surface area contributed by atoms with Crippen molar-refractivity contribution in [1.29, 1.82) is 0 Å². The first kappa shape index (κ1) is 19.4. The quantitative estimate of drug-likeness (QED) is 0.258. The molecule has 0 saturated carbocycles. The summed E-state index contributed by atoms with van der Waals surface area (Å²) in [5.41, 5.74) is 1.12. The summed E-state index contributed by atoms with van der Waals surface area (Å²) >= 11 is 1.74. The molecular weight excluding hydrogens is 383 g/mol. The smallest absolute Gasteiger partial charge is 0.193 e. The van der Waals surface area contributed by atoms with Crippen LogP contribution in [0.15, 0.2) is 17.6 Å². The van der Waals surface area contributed by atoms with Crippen LogP contribution in [0.3, 0.4) is 0 Å². The second kappa shape index (κ2) is 10.1. The average Bonchev–Trinajstić information content (AvgIpc) is 2.70. The number of nitrogens with one attached hydrogen (secondary N) is 1. The Morgan fingerprint density at radius 3 is 2.70 bits per heavy atom. The van der Waals surface area contributed by atoms with Crippen molar-refractivity contribution in [1.82, 2.24) is 15.2 Å². The molecule has 0 aliphatic rings. The van der Waals surface area contributed by atoms with Gasteiger partial charge in [-0.3, -0.25) is 4.99 Å². The number of allylic oxidation sites excluding steroid dienone is 1. The minimum atomic E-state index is 0. The number of halogens is 1. The molecule has 1 rings (SSSR count). The highest BCUT2D eigenvalue weighted by molar-refractivity contribution is 14.0. The van der Waals surface area contributed by atoms with Crippen molar-refractivity contribution in [3.8, 4) is 0 Å². The van der Waals surface area contributed by atoms with E-state index >= 15 is 0 Å². The maximum absolute atomic E-state index is 4.52. The number of hydrogen-bond acceptors (Lipinski definition) is 3. The Labute approximate surface area is 143 Å². The van der Waals surface area contributed by atoms with Crippen molar-refractivity contribution >= 4 is 41.3 Å². The highest BCUT2D eigenvalue weighted by Crippen LogP contribution is 2.15. The van der Waals surface area contributed by atoms with Gasteiger partial charge in [0.15, 0.2) is 5.96 Å². The van der Waals surface area contributed by atoms with E-state index in [1.54, 1.807) is 11.3 Å². The predicted molar refractivity (Wildman–Crippen MR) is 99.3 cm³/mol. The summed E-state index contributed by atoms with van der Waals surface area (Å²) < 4.78 is 0. The summed E-state index contributed by atoms with van der Waals surface area (Å²) in [4.78, 5) is 12.2. The summed E-state index contributed by atoms with van der Waals surface area (Å²) in [5, 5.41) is 4.46. The summed E-state index contributed by atoms with van der Waals surface area (Å²) in [5.74, 6) is 0.912. The molecule has 4 nitrogen and oxygen atoms in total. The minimum absolute atomic E-state index is 0. The van der Waals surface area contributed by atoms with Crippen LogP contribution in [0.5, 0.6) is 0 Å². The molecule has 1 aromatic rings. The van der Waals surface area contributed by atoms with E-state index in [9.17, 15) is 0 Å². The fourth-order valence-corrected chi connectivity index (χ4v) is 2.61. The number of aliphatic imine (C=N–C) groups is 1. The molecule has 0 atom stereocenters. The van der Waals surface area contributed by atoms with Crippen LogP contribution in [0.2, 0.25) is 0 Å². The Morgan fingerprint density at radius 2 is 2.20 bits per heavy atom. The normalized spacial score (nSPS) is 10.9. The van der Waals surface area contributed by atoms with Gasteiger partial charge in [-0.1, -0.05) is 6.08 Å². The Morgan fingerprint density at radius 1 is 1.50 bits per heavy atom. The van der Waals surface area contributed by atoms with E-state index in [1.165, 1.54) is 4.88 Å². The van der Waals surface area contributed by atoms with Gasteiger partial charge < -0.3 is 10.2 Å². The van der Waals surface area contributed by atoms with E-state index in [2.05, 4.69) is 40.7 Å². The predicted octanol–water partition coefficient (Wildman–Crippen LogP) is 3.35. The SMILES string of the molecule is C=CCCCN(C)C(=NC)NCc1nc(C)c(C)s1.I. The van der Waals surface area contributed by atoms with Crippen molar-refractivity contribution in [2.75, 3.05) is 20.6 Å². The molecular formula is C14H25IN4S. The lowest BCUT2D eigenvalue weighted by atomic mass is 10.3. The van der Waals surface area contributed by atoms with Gasteiger partial charge in [0.2, 0.25) is 0 Å². The number of thiazole rings is 1. The summed E-state index contributed by atoms with van der Waals surface area (Å²) in [6.07, 6.45) is 4.08. The first-order valence-corrected chi connectivity index (χ1v) is 7.35. The summed E-state index contributed by atoms with van der Waals surface area (Å²) in [6.45, 7) is 9.60. The molecule has 0 bridgehead atoms. The Bertz CT molecular complexity index is 423. The van der Waals surface area contributed by atoms with Crippen LogP contribution in [-0.4, -0.2) is 36.5 Å². The van der Waals surface area contributed by atoms with E-state index in [4.69, 9.17) is 0 Å². The van der Waals surface area contributed by atoms with E-state index in [0.29, 0.717) is 0 Å². The number of hydrogen-bond donors (Lipinski definition) is 1. The van der Waals surface area contributed by atoms with Crippen molar-refractivity contribution in [2.45, 2.75) is 33.2 Å². The van der Waals surface area contributed by atoms with Crippen LogP contribution in [-0.2, 0) is 6.54 Å². The molecule has 0 spiro atoms. The number of guanidine groups is 1. The van der Waals surface area contributed by atoms with Gasteiger partial charge in [-0.2, -0.15) is 0 Å². The van der Waals surface area contributed by atoms with Crippen LogP contribution < -0.4 is 5.32 Å². The molecule has 0 aliphatic carbocycles. The lowest BCUT2D eigenvalue weighted by molar-refractivity contribution is 0.469. The number of nitrogens with zero attached hydrogens (tertiary/aromatic N) is 3. The molecule has 6 heteroatoms. The third-order valence-electron chi connectivity index (χ3n) is 2.95. The first-order chi connectivity index (χ1) is 9.08. The van der Waals surface area contributed by atoms with E-state index in [1.807, 2.05) is 20.0 Å². The summed E-state index contributed by atoms with van der Waals surface area (Å²) in [7, 11) is 3.86. The zero-order chi connectivity index (χ0) is 14.3. The topological polar surface area (TPSA) is 40.5 Å². The van der Waals surface area contributed by atoms with Gasteiger partial charge >= 0.3 is 0 Å². The van der Waals surface area contributed by atoms with Crippen LogP contribution in [0.1, 0.15) is 28.4 Å². The molecule has 1 heterocycles. The average molecular weight is 408 g/mol. The third kappa shape index (κ3) is 6.21. The summed E-state index contributed by atoms with van der Waals surface area (Å²) in [6, 6.07) is 0. The van der Waals surface area contributed by atoms with Gasteiger partial charge in [0.25, 0.3) is 0 Å². The number of aryl methyl sites for hydroxylation is 2. The highest BCUT2D eigenvalue weighted by Gasteiger charge is 2.07. The van der Waals surface area contributed by atoms with E-state index in [0.717, 1.165) is 42.6 Å². The fourth-order valence-electron chi connectivity index (χ4n) is 1.73. The van der Waals surface area contributed by atoms with Gasteiger partial charge in [0.05, 0.1) is 12.2 Å². The number of aromatic nitrogens is 1. The Hall–Kier alpha value is -0.630. The molecule has 0 unspecified atom stereocenters. The second-order valence-electron chi connectivity index (χ2n) is 4.50.